The summed E-state index contributed by atoms with van der Waals surface area (Å²) < 4.78 is 0. The van der Waals surface area contributed by atoms with Gasteiger partial charge in [0.15, 0.2) is 5.96 Å². The largest absolute Gasteiger partial charge is 0.477 e. The number of aliphatic hydroxyl groups is 1. The second-order valence-electron chi connectivity index (χ2n) is 17.8. The summed E-state index contributed by atoms with van der Waals surface area (Å²) in [5, 5.41) is 47.4. The molecule has 0 aromatic heterocycles. The maximum absolute atomic E-state index is 14.3. The van der Waals surface area contributed by atoms with Crippen molar-refractivity contribution in [2.45, 2.75) is 132 Å². The molecule has 8 amide bonds. The molecule has 0 aliphatic carbocycles. The van der Waals surface area contributed by atoms with Crippen LogP contribution in [0.1, 0.15) is 88.7 Å². The van der Waals surface area contributed by atoms with E-state index in [0.717, 1.165) is 0 Å². The third-order valence-corrected chi connectivity index (χ3v) is 11.9. The second kappa shape index (κ2) is 34.2. The quantitative estimate of drug-likeness (QED) is 0.0132. The monoisotopic (exact) mass is 1060 g/mol. The number of nitrogens with two attached hydrogens (primary N) is 7. The number of likely N-dealkylation sites (tertiary alicyclic amines) is 1. The van der Waals surface area contributed by atoms with Gasteiger partial charge in [0, 0.05) is 26.1 Å². The smallest absolute Gasteiger partial charge is 0.352 e. The molecule has 28 heteroatoms. The average molecular weight is 1060 g/mol. The molecule has 0 saturated carbocycles. The number of benzene rings is 1. The van der Waals surface area contributed by atoms with Gasteiger partial charge in [-0.25, -0.2) is 4.79 Å². The Bertz CT molecular complexity index is 2200. The number of nitrogens with one attached hydrogen (secondary N) is 7. The zero-order valence-electron chi connectivity index (χ0n) is 42.4. The number of amides is 8. The van der Waals surface area contributed by atoms with E-state index in [4.69, 9.17) is 40.1 Å². The maximum atomic E-state index is 14.3. The van der Waals surface area contributed by atoms with Crippen molar-refractivity contribution < 1.29 is 53.4 Å². The Kier molecular flexibility index (Phi) is 29.1. The first-order chi connectivity index (χ1) is 35.7. The van der Waals surface area contributed by atoms with Gasteiger partial charge in [0.2, 0.25) is 47.3 Å². The number of aliphatic imine (C=N–C) groups is 1. The zero-order valence-corrected chi connectivity index (χ0v) is 42.4. The van der Waals surface area contributed by atoms with Gasteiger partial charge in [-0.1, -0.05) is 30.7 Å². The molecule has 0 spiro atoms. The van der Waals surface area contributed by atoms with Crippen LogP contribution in [0, 0.1) is 11.3 Å². The minimum absolute atomic E-state index is 0.0134. The molecule has 416 valence electrons. The topological polar surface area (TPSA) is 500 Å². The summed E-state index contributed by atoms with van der Waals surface area (Å²) in [5.41, 5.74) is 39.2. The molecule has 1 heterocycles. The third-order valence-electron chi connectivity index (χ3n) is 11.9. The highest BCUT2D eigenvalue weighted by molar-refractivity contribution is 5.99. The number of hydrogen-bond donors (Lipinski definition) is 16. The zero-order chi connectivity index (χ0) is 56.0. The molecule has 0 unspecified atom stereocenters. The molecule has 2 rings (SSSR count). The average Bonchev–Trinajstić information content (AvgIpc) is 3.88. The fraction of sp³-hybridized carbons (Fsp3) is 0.596. The molecule has 0 radical (unpaired) electrons. The Balaban J connectivity index is 2.29. The van der Waals surface area contributed by atoms with Gasteiger partial charge in [-0.3, -0.25) is 43.3 Å². The van der Waals surface area contributed by atoms with Crippen molar-refractivity contribution in [3.8, 4) is 6.07 Å². The number of carboxylic acids is 1. The van der Waals surface area contributed by atoms with Crippen LogP contribution in [-0.2, 0) is 49.6 Å². The van der Waals surface area contributed by atoms with Crippen LogP contribution in [0.4, 0.5) is 0 Å². The van der Waals surface area contributed by atoms with Gasteiger partial charge in [-0.05, 0) is 102 Å². The number of carbonyl (C=O) groups is 9. The lowest BCUT2D eigenvalue weighted by molar-refractivity contribution is -0.142. The molecule has 1 fully saturated rings. The Labute approximate surface area is 435 Å². The van der Waals surface area contributed by atoms with E-state index in [0.29, 0.717) is 44.2 Å². The van der Waals surface area contributed by atoms with Crippen molar-refractivity contribution in [3.05, 3.63) is 47.2 Å². The van der Waals surface area contributed by atoms with E-state index >= 15 is 0 Å². The van der Waals surface area contributed by atoms with Crippen molar-refractivity contribution in [3.63, 3.8) is 0 Å². The highest BCUT2D eigenvalue weighted by Gasteiger charge is 2.40. The van der Waals surface area contributed by atoms with Gasteiger partial charge >= 0.3 is 5.97 Å². The fourth-order valence-corrected chi connectivity index (χ4v) is 7.74. The molecular weight excluding hydrogens is 979 g/mol. The standard InChI is InChI=1S/C47H77N17O11/c1-27(58-44(72)38(36(65)25-52)63-40(68)30(53)13-4-6-18-48)39(67)57-26-37(66)59-32(15-8-20-50)45(73)64-22-10-17-35(64)43(71)62-34(23-28-11-2-3-12-29(28)24-51)42(70)60-31(14-5-7-19-49)41(69)61-33(46(74)75)16-9-21-56-47(54)55/h2-3,11-12,16,27,30-32,34-36,38,65H,4-10,13-15,17-23,25-26,48-50,52-53H2,1H3,(H,57,67)(H,58,72)(H,59,66)(H,60,70)(H,61,69)(H,62,71)(H,63,68)(H,74,75)(H4,54,55,56)/b33-16-/t27-,30-,31-,32+,34-,35-,36-,38-/m0/s1. The lowest BCUT2D eigenvalue weighted by Gasteiger charge is -2.30. The number of guanidine groups is 1. The third kappa shape index (κ3) is 22.4. The van der Waals surface area contributed by atoms with Gasteiger partial charge in [-0.15, -0.1) is 0 Å². The predicted molar refractivity (Wildman–Crippen MR) is 274 cm³/mol. The number of unbranched alkanes of at least 4 members (excludes halogenated alkanes) is 2. The van der Waals surface area contributed by atoms with Gasteiger partial charge in [0.05, 0.1) is 30.3 Å². The minimum Gasteiger partial charge on any atom is -0.477 e. The summed E-state index contributed by atoms with van der Waals surface area (Å²) in [4.78, 5) is 126. The molecular formula is C47H77N17O11. The van der Waals surface area contributed by atoms with Crippen LogP contribution in [-0.4, -0.2) is 169 Å². The lowest BCUT2D eigenvalue weighted by Crippen LogP contribution is -2.60. The summed E-state index contributed by atoms with van der Waals surface area (Å²) in [7, 11) is 0. The first kappa shape index (κ1) is 63.8. The van der Waals surface area contributed by atoms with E-state index in [9.17, 15) is 58.6 Å². The Hall–Kier alpha value is -7.29. The number of hydrogen-bond acceptors (Lipinski definition) is 17. The van der Waals surface area contributed by atoms with Gasteiger partial charge in [0.25, 0.3) is 0 Å². The van der Waals surface area contributed by atoms with E-state index < -0.39 is 120 Å². The molecule has 8 atom stereocenters. The van der Waals surface area contributed by atoms with Crippen molar-refractivity contribution in [2.24, 2.45) is 45.1 Å². The summed E-state index contributed by atoms with van der Waals surface area (Å²) >= 11 is 0. The van der Waals surface area contributed by atoms with Crippen molar-refractivity contribution in [1.82, 2.24) is 42.1 Å². The van der Waals surface area contributed by atoms with Gasteiger partial charge in [0.1, 0.15) is 41.9 Å². The van der Waals surface area contributed by atoms with E-state index in [-0.39, 0.29) is 82.6 Å². The Morgan fingerprint density at radius 1 is 0.800 bits per heavy atom. The van der Waals surface area contributed by atoms with Crippen molar-refractivity contribution in [1.29, 1.82) is 5.26 Å². The number of carbonyl (C=O) groups excluding carboxylic acids is 8. The van der Waals surface area contributed by atoms with Crippen LogP contribution in [0.3, 0.4) is 0 Å². The Morgan fingerprint density at radius 3 is 2.08 bits per heavy atom. The molecule has 1 aliphatic rings. The summed E-state index contributed by atoms with van der Waals surface area (Å²) in [5.74, 6) is -8.24. The molecule has 23 N–H and O–H groups in total. The normalized spacial score (nSPS) is 16.0. The van der Waals surface area contributed by atoms with E-state index in [2.05, 4.69) is 42.2 Å². The first-order valence-corrected chi connectivity index (χ1v) is 24.8. The molecule has 28 nitrogen and oxygen atoms in total. The van der Waals surface area contributed by atoms with Crippen molar-refractivity contribution >= 4 is 59.2 Å². The Morgan fingerprint density at radius 2 is 1.45 bits per heavy atom. The molecule has 1 aromatic carbocycles. The number of aliphatic carboxylic acids is 1. The number of nitrogens with zero attached hydrogens (tertiary/aromatic N) is 3. The highest BCUT2D eigenvalue weighted by atomic mass is 16.4. The van der Waals surface area contributed by atoms with Gasteiger partial charge < -0.3 is 92.5 Å². The van der Waals surface area contributed by atoms with Crippen LogP contribution < -0.4 is 77.4 Å². The minimum atomic E-state index is -1.57. The first-order valence-electron chi connectivity index (χ1n) is 24.8. The van der Waals surface area contributed by atoms with Crippen LogP contribution in [0.5, 0.6) is 0 Å². The molecule has 1 aromatic rings. The van der Waals surface area contributed by atoms with Crippen LogP contribution in [0.2, 0.25) is 0 Å². The van der Waals surface area contributed by atoms with E-state index in [1.807, 2.05) is 6.07 Å². The molecule has 1 aliphatic heterocycles. The molecule has 1 saturated heterocycles. The summed E-state index contributed by atoms with van der Waals surface area (Å²) in [6.07, 6.45) is 2.44. The van der Waals surface area contributed by atoms with Crippen LogP contribution >= 0.6 is 0 Å². The van der Waals surface area contributed by atoms with Crippen LogP contribution in [0.15, 0.2) is 41.0 Å². The van der Waals surface area contributed by atoms with Gasteiger partial charge in [-0.2, -0.15) is 5.26 Å². The number of nitriles is 1. The summed E-state index contributed by atoms with van der Waals surface area (Å²) in [6.45, 7) is 1.06. The fourth-order valence-electron chi connectivity index (χ4n) is 7.74. The SMILES string of the molecule is C[C@H](NC(=O)[C@@H](NC(=O)[C@@H](N)CCCCN)[C@@H](O)CN)C(=O)NCC(=O)N[C@H](CCCN)C(=O)N1CCC[C@H]1C(=O)N[C@@H](Cc1ccccc1C#N)C(=O)N[C@@H](CCCCN)C(=O)N/C(=C\CCN=C(N)N)C(=O)O. The number of carboxylic acid groups (broad SMARTS) is 1. The lowest BCUT2D eigenvalue weighted by atomic mass is 9.99. The van der Waals surface area contributed by atoms with E-state index in [1.165, 1.54) is 24.0 Å². The number of rotatable bonds is 34. The molecule has 0 bridgehead atoms. The predicted octanol–water partition coefficient (Wildman–Crippen LogP) is -5.96. The maximum Gasteiger partial charge on any atom is 0.352 e. The number of aliphatic hydroxyl groups excluding tert-OH is 1. The second-order valence-corrected chi connectivity index (χ2v) is 17.8. The van der Waals surface area contributed by atoms with Crippen molar-refractivity contribution in [2.75, 3.05) is 45.8 Å². The highest BCUT2D eigenvalue weighted by Crippen LogP contribution is 2.21. The molecule has 75 heavy (non-hydrogen) atoms. The summed E-state index contributed by atoms with van der Waals surface area (Å²) in [6, 6.07) is -0.692. The van der Waals surface area contributed by atoms with Crippen LogP contribution in [0.25, 0.3) is 0 Å². The van der Waals surface area contributed by atoms with E-state index in [1.54, 1.807) is 18.2 Å².